The van der Waals surface area contributed by atoms with Crippen LogP contribution in [0.3, 0.4) is 0 Å². The van der Waals surface area contributed by atoms with Crippen LogP contribution in [0.5, 0.6) is 0 Å². The van der Waals surface area contributed by atoms with Crippen molar-refractivity contribution < 1.29 is 64.2 Å². The Morgan fingerprint density at radius 2 is 1.22 bits per heavy atom. The average molecular weight is 733 g/mol. The summed E-state index contributed by atoms with van der Waals surface area (Å²) in [6.45, 7) is 1.92. The lowest BCUT2D eigenvalue weighted by Crippen LogP contribution is -2.68. The van der Waals surface area contributed by atoms with Crippen molar-refractivity contribution in [1.82, 2.24) is 5.32 Å². The van der Waals surface area contributed by atoms with E-state index in [2.05, 4.69) is 5.32 Å². The lowest BCUT2D eigenvalue weighted by atomic mass is 9.84. The Labute approximate surface area is 295 Å². The largest absolute Gasteiger partial charge is 0.394 e. The molecule has 1 aliphatic carbocycles. The maximum Gasteiger partial charge on any atom is 0.187 e. The molecule has 1 aromatic carbocycles. The standard InChI is InChI=1S/C32H56N6O13/c1-12-2-4-13(5-3-12)6-7-38-10-17-23(42)25(44)20(37)31(47-17)49-27-15(35)8-14(34)21(40)29(27)51-32-26(45)28(18(11-39)48-32)50-30-19(36)24(43)22(41)16(9-33)46-30/h2-5,14-32,38-45H,6-11,33-37H2,1H3/t14-,15+,16+,17-,18-,19-,20-,21+,22-,23-,24-,25-,26-,27-,28-,29-,30-,31-,32+/m1/s1. The smallest absolute Gasteiger partial charge is 0.187 e. The van der Waals surface area contributed by atoms with Gasteiger partial charge in [-0.25, -0.2) is 0 Å². The number of rotatable bonds is 13. The summed E-state index contributed by atoms with van der Waals surface area (Å²) >= 11 is 0. The summed E-state index contributed by atoms with van der Waals surface area (Å²) in [5, 5.41) is 77.9. The molecule has 0 spiro atoms. The van der Waals surface area contributed by atoms with Crippen LogP contribution < -0.4 is 34.0 Å². The Bertz CT molecular complexity index is 1230. The molecule has 19 heteroatoms. The molecule has 1 saturated carbocycles. The van der Waals surface area contributed by atoms with Crippen LogP contribution in [0.15, 0.2) is 24.3 Å². The molecule has 292 valence electrons. The number of aryl methyl sites for hydroxylation is 1. The van der Waals surface area contributed by atoms with Crippen molar-refractivity contribution >= 4 is 0 Å². The van der Waals surface area contributed by atoms with Gasteiger partial charge in [-0.2, -0.15) is 0 Å². The predicted molar refractivity (Wildman–Crippen MR) is 177 cm³/mol. The fourth-order valence-corrected chi connectivity index (χ4v) is 6.95. The Morgan fingerprint density at radius 1 is 0.667 bits per heavy atom. The molecule has 0 unspecified atom stereocenters. The van der Waals surface area contributed by atoms with E-state index in [9.17, 15) is 35.7 Å². The minimum absolute atomic E-state index is 0.0926. The van der Waals surface area contributed by atoms with Crippen molar-refractivity contribution in [3.8, 4) is 0 Å². The molecule has 3 aliphatic heterocycles. The molecular formula is C32H56N6O13. The molecule has 51 heavy (non-hydrogen) atoms. The van der Waals surface area contributed by atoms with Gasteiger partial charge in [0.2, 0.25) is 0 Å². The zero-order valence-corrected chi connectivity index (χ0v) is 28.5. The summed E-state index contributed by atoms with van der Waals surface area (Å²) in [6, 6.07) is 3.91. The van der Waals surface area contributed by atoms with E-state index in [1.54, 1.807) is 0 Å². The second-order valence-electron chi connectivity index (χ2n) is 14.0. The maximum atomic E-state index is 11.3. The van der Waals surface area contributed by atoms with Gasteiger partial charge in [0.05, 0.1) is 24.8 Å². The molecule has 0 aromatic heterocycles. The van der Waals surface area contributed by atoms with Crippen LogP contribution in [0.4, 0.5) is 0 Å². The molecule has 3 saturated heterocycles. The van der Waals surface area contributed by atoms with E-state index in [-0.39, 0.29) is 19.5 Å². The molecular weight excluding hydrogens is 676 g/mol. The van der Waals surface area contributed by atoms with Crippen LogP contribution in [0.25, 0.3) is 0 Å². The van der Waals surface area contributed by atoms with E-state index in [0.717, 1.165) is 17.5 Å². The van der Waals surface area contributed by atoms with Crippen molar-refractivity contribution in [1.29, 1.82) is 0 Å². The SMILES string of the molecule is Cc1ccc(CCNC[C@H]2O[C@H](O[C@H]3[C@H](O[C@@H]4O[C@H](CO)[C@@H](O[C@H]5O[C@@H](CN)[C@@H](O)[C@H](O)[C@H]5N)[C@H]4O)[C@@H](O)[C@H](N)C[C@@H]3N)[C@H](N)[C@@H](O)[C@@H]2O)cc1. The Kier molecular flexibility index (Phi) is 14.1. The number of nitrogens with two attached hydrogens (primary N) is 5. The minimum atomic E-state index is -1.61. The first-order chi connectivity index (χ1) is 24.2. The highest BCUT2D eigenvalue weighted by Crippen LogP contribution is 2.34. The summed E-state index contributed by atoms with van der Waals surface area (Å²) in [4.78, 5) is 0. The summed E-state index contributed by atoms with van der Waals surface area (Å²) in [7, 11) is 0. The highest BCUT2D eigenvalue weighted by atomic mass is 16.8. The molecule has 18 N–H and O–H groups in total. The Balaban J connectivity index is 1.24. The van der Waals surface area contributed by atoms with Gasteiger partial charge < -0.3 is 98.2 Å². The summed E-state index contributed by atoms with van der Waals surface area (Å²) in [6.07, 6.45) is -19.0. The molecule has 0 bridgehead atoms. The number of aliphatic hydroxyl groups is 7. The lowest BCUT2D eigenvalue weighted by Gasteiger charge is -2.47. The zero-order chi connectivity index (χ0) is 37.1. The van der Waals surface area contributed by atoms with Crippen LogP contribution >= 0.6 is 0 Å². The van der Waals surface area contributed by atoms with E-state index < -0.39 is 123 Å². The first-order valence-corrected chi connectivity index (χ1v) is 17.4. The Morgan fingerprint density at radius 3 is 1.82 bits per heavy atom. The van der Waals surface area contributed by atoms with Crippen LogP contribution in [0.1, 0.15) is 17.5 Å². The van der Waals surface area contributed by atoms with Gasteiger partial charge in [0.25, 0.3) is 0 Å². The quantitative estimate of drug-likeness (QED) is 0.0838. The Hall–Kier alpha value is -1.54. The van der Waals surface area contributed by atoms with E-state index in [1.165, 1.54) is 0 Å². The van der Waals surface area contributed by atoms with E-state index in [4.69, 9.17) is 57.1 Å². The lowest BCUT2D eigenvalue weighted by molar-refractivity contribution is -0.307. The van der Waals surface area contributed by atoms with Gasteiger partial charge in [-0.15, -0.1) is 0 Å². The third-order valence-corrected chi connectivity index (χ3v) is 10.2. The van der Waals surface area contributed by atoms with E-state index in [0.29, 0.717) is 6.54 Å². The van der Waals surface area contributed by atoms with Crippen molar-refractivity contribution in [3.05, 3.63) is 35.4 Å². The number of aliphatic hydroxyl groups excluding tert-OH is 7. The maximum absolute atomic E-state index is 11.3. The first kappa shape index (κ1) is 40.6. The number of benzene rings is 1. The van der Waals surface area contributed by atoms with Gasteiger partial charge in [0, 0.05) is 25.2 Å². The van der Waals surface area contributed by atoms with Gasteiger partial charge in [0.1, 0.15) is 67.1 Å². The molecule has 4 aliphatic rings. The van der Waals surface area contributed by atoms with Crippen molar-refractivity contribution in [2.75, 3.05) is 26.2 Å². The topological polar surface area (TPSA) is 339 Å². The number of nitrogens with one attached hydrogen (secondary N) is 1. The number of hydrogen-bond donors (Lipinski definition) is 13. The fraction of sp³-hybridized carbons (Fsp3) is 0.812. The normalized spacial score (nSPS) is 46.3. The molecule has 0 radical (unpaired) electrons. The third-order valence-electron chi connectivity index (χ3n) is 10.2. The van der Waals surface area contributed by atoms with Gasteiger partial charge >= 0.3 is 0 Å². The zero-order valence-electron chi connectivity index (χ0n) is 28.5. The van der Waals surface area contributed by atoms with Crippen LogP contribution in [0.2, 0.25) is 0 Å². The van der Waals surface area contributed by atoms with Crippen LogP contribution in [-0.4, -0.2) is 178 Å². The third kappa shape index (κ3) is 9.06. The van der Waals surface area contributed by atoms with Gasteiger partial charge in [-0.3, -0.25) is 0 Å². The van der Waals surface area contributed by atoms with Gasteiger partial charge in [-0.05, 0) is 31.9 Å². The van der Waals surface area contributed by atoms with Crippen molar-refractivity contribution in [2.24, 2.45) is 28.7 Å². The van der Waals surface area contributed by atoms with Crippen LogP contribution in [0, 0.1) is 6.92 Å². The van der Waals surface area contributed by atoms with E-state index >= 15 is 0 Å². The predicted octanol–water partition coefficient (Wildman–Crippen LogP) is -6.71. The highest BCUT2D eigenvalue weighted by Gasteiger charge is 2.54. The number of ether oxygens (including phenoxy) is 6. The van der Waals surface area contributed by atoms with Crippen molar-refractivity contribution in [3.63, 3.8) is 0 Å². The summed E-state index contributed by atoms with van der Waals surface area (Å²) in [5.41, 5.74) is 32.8. The first-order valence-electron chi connectivity index (χ1n) is 17.4. The average Bonchev–Trinajstić information content (AvgIpc) is 3.41. The molecule has 19 nitrogen and oxygen atoms in total. The molecule has 4 fully saturated rings. The van der Waals surface area contributed by atoms with Crippen LogP contribution in [-0.2, 0) is 34.8 Å². The van der Waals surface area contributed by atoms with Gasteiger partial charge in [0.15, 0.2) is 18.9 Å². The highest BCUT2D eigenvalue weighted by molar-refractivity contribution is 5.21. The summed E-state index contributed by atoms with van der Waals surface area (Å²) in [5.74, 6) is 0. The second-order valence-corrected chi connectivity index (χ2v) is 14.0. The molecule has 19 atom stereocenters. The monoisotopic (exact) mass is 732 g/mol. The molecule has 5 rings (SSSR count). The molecule has 1 aromatic rings. The van der Waals surface area contributed by atoms with Crippen molar-refractivity contribution in [2.45, 2.75) is 136 Å². The van der Waals surface area contributed by atoms with Gasteiger partial charge in [-0.1, -0.05) is 29.8 Å². The minimum Gasteiger partial charge on any atom is -0.394 e. The number of hydrogen-bond acceptors (Lipinski definition) is 19. The molecule has 3 heterocycles. The molecule has 0 amide bonds. The van der Waals surface area contributed by atoms with E-state index in [1.807, 2.05) is 31.2 Å². The summed E-state index contributed by atoms with van der Waals surface area (Å²) < 4.78 is 35.6. The second kappa shape index (κ2) is 17.7. The fourth-order valence-electron chi connectivity index (χ4n) is 6.95.